The zero-order chi connectivity index (χ0) is 14.8. The Hall–Kier alpha value is -0.330. The maximum Gasteiger partial charge on any atom is 0.401 e. The Balaban J connectivity index is 1.97. The third-order valence-electron chi connectivity index (χ3n) is 3.62. The van der Waals surface area contributed by atoms with Gasteiger partial charge in [-0.2, -0.15) is 13.2 Å². The third kappa shape index (κ3) is 8.76. The molecule has 6 heteroatoms. The van der Waals surface area contributed by atoms with Crippen LogP contribution in [0.1, 0.15) is 32.6 Å². The lowest BCUT2D eigenvalue weighted by atomic mass is 10.2. The van der Waals surface area contributed by atoms with Crippen molar-refractivity contribution in [3.63, 3.8) is 0 Å². The number of alkyl halides is 3. The van der Waals surface area contributed by atoms with Crippen molar-refractivity contribution in [2.75, 3.05) is 52.4 Å². The molecule has 0 aliphatic carbocycles. The van der Waals surface area contributed by atoms with Gasteiger partial charge in [-0.25, -0.2) is 0 Å². The molecule has 0 atom stereocenters. The van der Waals surface area contributed by atoms with Crippen LogP contribution in [0.25, 0.3) is 0 Å². The summed E-state index contributed by atoms with van der Waals surface area (Å²) in [7, 11) is 0. The lowest BCUT2D eigenvalue weighted by Crippen LogP contribution is -2.49. The van der Waals surface area contributed by atoms with Crippen LogP contribution >= 0.6 is 0 Å². The van der Waals surface area contributed by atoms with Crippen LogP contribution in [-0.2, 0) is 0 Å². The van der Waals surface area contributed by atoms with Gasteiger partial charge in [0.2, 0.25) is 0 Å². The molecule has 0 radical (unpaired) electrons. The van der Waals surface area contributed by atoms with Crippen LogP contribution in [0.4, 0.5) is 13.2 Å². The summed E-state index contributed by atoms with van der Waals surface area (Å²) in [5.41, 5.74) is 0. The van der Waals surface area contributed by atoms with Crippen LogP contribution in [-0.4, -0.2) is 68.3 Å². The smallest absolute Gasteiger partial charge is 0.317 e. The molecule has 0 amide bonds. The lowest BCUT2D eigenvalue weighted by molar-refractivity contribution is -0.149. The van der Waals surface area contributed by atoms with Gasteiger partial charge in [0, 0.05) is 26.2 Å². The Morgan fingerprint density at radius 3 is 2.15 bits per heavy atom. The quantitative estimate of drug-likeness (QED) is 0.659. The summed E-state index contributed by atoms with van der Waals surface area (Å²) < 4.78 is 36.8. The van der Waals surface area contributed by atoms with E-state index >= 15 is 0 Å². The first kappa shape index (κ1) is 17.7. The summed E-state index contributed by atoms with van der Waals surface area (Å²) in [5.74, 6) is 0. The number of hydrogen-bond donors (Lipinski definition) is 1. The van der Waals surface area contributed by atoms with Crippen molar-refractivity contribution in [1.82, 2.24) is 15.1 Å². The minimum absolute atomic E-state index is 0.539. The molecule has 1 N–H and O–H groups in total. The van der Waals surface area contributed by atoms with E-state index in [2.05, 4.69) is 17.1 Å². The van der Waals surface area contributed by atoms with Gasteiger partial charge in [-0.15, -0.1) is 0 Å². The maximum absolute atomic E-state index is 12.3. The Bertz CT molecular complexity index is 238. The summed E-state index contributed by atoms with van der Waals surface area (Å²) in [6.45, 7) is 7.20. The second-order valence-corrected chi connectivity index (χ2v) is 5.54. The fourth-order valence-electron chi connectivity index (χ4n) is 2.49. The molecule has 1 heterocycles. The van der Waals surface area contributed by atoms with E-state index in [1.54, 1.807) is 0 Å². The molecule has 0 aromatic carbocycles. The first-order valence-electron chi connectivity index (χ1n) is 7.73. The molecule has 1 saturated heterocycles. The van der Waals surface area contributed by atoms with Crippen LogP contribution < -0.4 is 5.32 Å². The molecule has 0 aromatic rings. The second kappa shape index (κ2) is 9.58. The highest BCUT2D eigenvalue weighted by Gasteiger charge is 2.31. The lowest BCUT2D eigenvalue weighted by Gasteiger charge is -2.34. The molecule has 0 saturated carbocycles. The number of rotatable bonds is 9. The molecule has 0 unspecified atom stereocenters. The molecule has 0 aromatic heterocycles. The first-order valence-corrected chi connectivity index (χ1v) is 7.73. The monoisotopic (exact) mass is 295 g/mol. The topological polar surface area (TPSA) is 18.5 Å². The van der Waals surface area contributed by atoms with Crippen LogP contribution in [0.5, 0.6) is 0 Å². The van der Waals surface area contributed by atoms with Crippen molar-refractivity contribution in [3.8, 4) is 0 Å². The summed E-state index contributed by atoms with van der Waals surface area (Å²) in [5, 5.41) is 3.37. The predicted octanol–water partition coefficient (Wildman–Crippen LogP) is 2.34. The maximum atomic E-state index is 12.3. The number of nitrogens with one attached hydrogen (secondary N) is 1. The number of nitrogens with zero attached hydrogens (tertiary/aromatic N) is 2. The van der Waals surface area contributed by atoms with Gasteiger partial charge in [-0.3, -0.25) is 4.90 Å². The average molecular weight is 295 g/mol. The van der Waals surface area contributed by atoms with E-state index in [0.29, 0.717) is 13.1 Å². The summed E-state index contributed by atoms with van der Waals surface area (Å²) in [6, 6.07) is 0. The number of hydrogen-bond acceptors (Lipinski definition) is 3. The fraction of sp³-hybridized carbons (Fsp3) is 1.00. The van der Waals surface area contributed by atoms with Crippen molar-refractivity contribution in [1.29, 1.82) is 0 Å². The fourth-order valence-corrected chi connectivity index (χ4v) is 2.49. The summed E-state index contributed by atoms with van der Waals surface area (Å²) >= 11 is 0. The van der Waals surface area contributed by atoms with Gasteiger partial charge in [0.1, 0.15) is 0 Å². The number of unbranched alkanes of at least 4 members (excludes halogenated alkanes) is 2. The van der Waals surface area contributed by atoms with Crippen LogP contribution in [0.2, 0.25) is 0 Å². The Labute approximate surface area is 120 Å². The van der Waals surface area contributed by atoms with Crippen molar-refractivity contribution in [3.05, 3.63) is 0 Å². The Kier molecular flexibility index (Phi) is 8.49. The molecule has 3 nitrogen and oxygen atoms in total. The van der Waals surface area contributed by atoms with Crippen LogP contribution in [0, 0.1) is 0 Å². The third-order valence-corrected chi connectivity index (χ3v) is 3.62. The minimum Gasteiger partial charge on any atom is -0.317 e. The van der Waals surface area contributed by atoms with Crippen molar-refractivity contribution in [2.45, 2.75) is 38.8 Å². The first-order chi connectivity index (χ1) is 9.51. The highest BCUT2D eigenvalue weighted by atomic mass is 19.4. The molecule has 1 aliphatic heterocycles. The van der Waals surface area contributed by atoms with Gasteiger partial charge >= 0.3 is 6.18 Å². The molecule has 120 valence electrons. The molecule has 1 aliphatic rings. The zero-order valence-electron chi connectivity index (χ0n) is 12.5. The van der Waals surface area contributed by atoms with E-state index in [-0.39, 0.29) is 0 Å². The van der Waals surface area contributed by atoms with Gasteiger partial charge in [0.05, 0.1) is 6.54 Å². The van der Waals surface area contributed by atoms with Crippen molar-refractivity contribution in [2.24, 2.45) is 0 Å². The second-order valence-electron chi connectivity index (χ2n) is 5.54. The standard InChI is InChI=1S/C14H28F3N3/c1-2-6-18-7-4-3-5-8-19-9-11-20(12-10-19)13-14(15,16)17/h18H,2-13H2,1H3. The van der Waals surface area contributed by atoms with E-state index in [1.807, 2.05) is 0 Å². The van der Waals surface area contributed by atoms with Gasteiger partial charge < -0.3 is 10.2 Å². The van der Waals surface area contributed by atoms with Gasteiger partial charge in [0.15, 0.2) is 0 Å². The molecule has 1 fully saturated rings. The minimum atomic E-state index is -4.06. The molecule has 20 heavy (non-hydrogen) atoms. The molecule has 0 bridgehead atoms. The average Bonchev–Trinajstić information content (AvgIpc) is 2.38. The van der Waals surface area contributed by atoms with E-state index in [9.17, 15) is 13.2 Å². The SMILES string of the molecule is CCCNCCCCCN1CCN(CC(F)(F)F)CC1. The van der Waals surface area contributed by atoms with E-state index in [4.69, 9.17) is 0 Å². The van der Waals surface area contributed by atoms with Crippen LogP contribution in [0.15, 0.2) is 0 Å². The Morgan fingerprint density at radius 2 is 1.55 bits per heavy atom. The summed E-state index contributed by atoms with van der Waals surface area (Å²) in [4.78, 5) is 3.79. The highest BCUT2D eigenvalue weighted by molar-refractivity contribution is 4.73. The molecular weight excluding hydrogens is 267 g/mol. The van der Waals surface area contributed by atoms with Gasteiger partial charge in [0.25, 0.3) is 0 Å². The highest BCUT2D eigenvalue weighted by Crippen LogP contribution is 2.17. The zero-order valence-corrected chi connectivity index (χ0v) is 12.5. The van der Waals surface area contributed by atoms with E-state index in [0.717, 1.165) is 39.1 Å². The number of halogens is 3. The normalized spacial score (nSPS) is 18.6. The van der Waals surface area contributed by atoms with Crippen molar-refractivity contribution < 1.29 is 13.2 Å². The molecular formula is C14H28F3N3. The largest absolute Gasteiger partial charge is 0.401 e. The van der Waals surface area contributed by atoms with Crippen molar-refractivity contribution >= 4 is 0 Å². The predicted molar refractivity (Wildman–Crippen MR) is 75.9 cm³/mol. The van der Waals surface area contributed by atoms with Crippen LogP contribution in [0.3, 0.4) is 0 Å². The molecule has 1 rings (SSSR count). The summed E-state index contributed by atoms with van der Waals surface area (Å²) in [6.07, 6.45) is 0.635. The number of piperazine rings is 1. The van der Waals surface area contributed by atoms with E-state index < -0.39 is 12.7 Å². The van der Waals surface area contributed by atoms with Gasteiger partial charge in [-0.05, 0) is 38.9 Å². The molecule has 0 spiro atoms. The van der Waals surface area contributed by atoms with Gasteiger partial charge in [-0.1, -0.05) is 13.3 Å². The van der Waals surface area contributed by atoms with E-state index in [1.165, 1.54) is 24.2 Å². The Morgan fingerprint density at radius 1 is 0.900 bits per heavy atom.